The Hall–Kier alpha value is -0.990. The quantitative estimate of drug-likeness (QED) is 0.593. The Kier molecular flexibility index (Phi) is 4.22. The normalized spacial score (nSPS) is 19.1. The Morgan fingerprint density at radius 3 is 2.68 bits per heavy atom. The van der Waals surface area contributed by atoms with Crippen molar-refractivity contribution in [1.82, 2.24) is 4.57 Å². The third kappa shape index (κ3) is 2.65. The van der Waals surface area contributed by atoms with E-state index in [4.69, 9.17) is 23.2 Å². The van der Waals surface area contributed by atoms with Crippen molar-refractivity contribution in [2.75, 3.05) is 5.88 Å². The molecule has 0 spiro atoms. The van der Waals surface area contributed by atoms with Crippen LogP contribution in [0.25, 0.3) is 5.70 Å². The van der Waals surface area contributed by atoms with Gasteiger partial charge in [0.25, 0.3) is 0 Å². The number of alkyl halides is 1. The Labute approximate surface area is 123 Å². The number of ketones is 1. The van der Waals surface area contributed by atoms with Gasteiger partial charge in [-0.25, -0.2) is 0 Å². The molecule has 1 aliphatic rings. The summed E-state index contributed by atoms with van der Waals surface area (Å²) in [5.74, 6) is 0.306. The third-order valence-electron chi connectivity index (χ3n) is 3.56. The van der Waals surface area contributed by atoms with Gasteiger partial charge in [-0.1, -0.05) is 18.5 Å². The molecule has 1 aromatic heterocycles. The van der Waals surface area contributed by atoms with Crippen molar-refractivity contribution in [3.8, 4) is 0 Å². The van der Waals surface area contributed by atoms with Gasteiger partial charge in [-0.2, -0.15) is 0 Å². The first-order valence-corrected chi connectivity index (χ1v) is 7.21. The molecule has 1 heterocycles. The molecule has 1 aromatic rings. The molecule has 2 rings (SSSR count). The van der Waals surface area contributed by atoms with Crippen LogP contribution in [0.4, 0.5) is 0 Å². The van der Waals surface area contributed by atoms with E-state index in [1.807, 2.05) is 32.1 Å². The molecular weight excluding hydrogens is 281 g/mol. The summed E-state index contributed by atoms with van der Waals surface area (Å²) in [5.41, 5.74) is 3.88. The monoisotopic (exact) mass is 297 g/mol. The lowest BCUT2D eigenvalue weighted by Crippen LogP contribution is -2.10. The number of Topliss-reactive ketones (excluding diaryl/α,β-unsaturated/α-hetero) is 1. The average Bonchev–Trinajstić information content (AvgIpc) is 2.68. The summed E-state index contributed by atoms with van der Waals surface area (Å²) >= 11 is 11.8. The summed E-state index contributed by atoms with van der Waals surface area (Å²) in [6.45, 7) is 6.06. The molecule has 0 saturated carbocycles. The van der Waals surface area contributed by atoms with Crippen LogP contribution < -0.4 is 0 Å². The number of aryl methyl sites for hydroxylation is 1. The van der Waals surface area contributed by atoms with Crippen LogP contribution in [0.5, 0.6) is 0 Å². The minimum Gasteiger partial charge on any atom is -0.321 e. The number of nitrogens with zero attached hydrogens (tertiary/aromatic N) is 1. The van der Waals surface area contributed by atoms with E-state index in [1.54, 1.807) is 0 Å². The van der Waals surface area contributed by atoms with Gasteiger partial charge in [0.1, 0.15) is 0 Å². The zero-order valence-electron chi connectivity index (χ0n) is 11.3. The fourth-order valence-electron chi connectivity index (χ4n) is 2.54. The number of carbonyl (C=O) groups excluding carboxylic acids is 1. The van der Waals surface area contributed by atoms with Crippen LogP contribution in [0.15, 0.2) is 23.3 Å². The fourth-order valence-corrected chi connectivity index (χ4v) is 2.83. The summed E-state index contributed by atoms with van der Waals surface area (Å²) in [4.78, 5) is 11.8. The van der Waals surface area contributed by atoms with Crippen molar-refractivity contribution in [3.05, 3.63) is 40.2 Å². The summed E-state index contributed by atoms with van der Waals surface area (Å²) in [5, 5.41) is 0.878. The first kappa shape index (κ1) is 14.4. The van der Waals surface area contributed by atoms with Gasteiger partial charge in [0.05, 0.1) is 5.88 Å². The number of hydrogen-bond acceptors (Lipinski definition) is 1. The van der Waals surface area contributed by atoms with Crippen LogP contribution in [-0.2, 0) is 0 Å². The predicted octanol–water partition coefficient (Wildman–Crippen LogP) is 4.53. The third-order valence-corrected chi connectivity index (χ3v) is 4.30. The molecule has 0 amide bonds. The van der Waals surface area contributed by atoms with Crippen molar-refractivity contribution in [3.63, 3.8) is 0 Å². The number of aromatic nitrogens is 1. The minimum absolute atomic E-state index is 0.0193. The molecule has 0 N–H and O–H groups in total. The van der Waals surface area contributed by atoms with Gasteiger partial charge < -0.3 is 4.57 Å². The Bertz CT molecular complexity index is 581. The molecular formula is C15H17Cl2NO. The summed E-state index contributed by atoms with van der Waals surface area (Å²) in [6, 6.07) is 1.91. The lowest BCUT2D eigenvalue weighted by molar-refractivity contribution is 0.102. The average molecular weight is 298 g/mol. The number of carbonyl (C=O) groups is 1. The van der Waals surface area contributed by atoms with Crippen LogP contribution in [-0.4, -0.2) is 16.2 Å². The van der Waals surface area contributed by atoms with E-state index in [-0.39, 0.29) is 11.7 Å². The van der Waals surface area contributed by atoms with Crippen molar-refractivity contribution in [2.24, 2.45) is 5.92 Å². The fraction of sp³-hybridized carbons (Fsp3) is 0.400. The number of hydrogen-bond donors (Lipinski definition) is 0. The second-order valence-corrected chi connectivity index (χ2v) is 5.70. The Morgan fingerprint density at radius 1 is 1.42 bits per heavy atom. The molecule has 19 heavy (non-hydrogen) atoms. The summed E-state index contributed by atoms with van der Waals surface area (Å²) < 4.78 is 2.12. The molecule has 1 aliphatic carbocycles. The van der Waals surface area contributed by atoms with Crippen LogP contribution in [0, 0.1) is 19.8 Å². The van der Waals surface area contributed by atoms with E-state index in [0.717, 1.165) is 22.8 Å². The highest BCUT2D eigenvalue weighted by Gasteiger charge is 2.20. The maximum absolute atomic E-state index is 11.8. The molecule has 1 atom stereocenters. The highest BCUT2D eigenvalue weighted by atomic mass is 35.5. The van der Waals surface area contributed by atoms with E-state index < -0.39 is 0 Å². The molecule has 2 nitrogen and oxygen atoms in total. The topological polar surface area (TPSA) is 22.0 Å². The summed E-state index contributed by atoms with van der Waals surface area (Å²) in [6.07, 6.45) is 4.84. The highest BCUT2D eigenvalue weighted by Crippen LogP contribution is 2.32. The lowest BCUT2D eigenvalue weighted by atomic mass is 9.99. The highest BCUT2D eigenvalue weighted by molar-refractivity contribution is 6.30. The molecule has 0 radical (unpaired) electrons. The summed E-state index contributed by atoms with van der Waals surface area (Å²) in [7, 11) is 0. The van der Waals surface area contributed by atoms with E-state index in [9.17, 15) is 4.79 Å². The van der Waals surface area contributed by atoms with Gasteiger partial charge in [-0.3, -0.25) is 4.79 Å². The van der Waals surface area contributed by atoms with Gasteiger partial charge in [-0.05, 0) is 44.4 Å². The van der Waals surface area contributed by atoms with Crippen molar-refractivity contribution >= 4 is 34.7 Å². The largest absolute Gasteiger partial charge is 0.321 e. The number of rotatable bonds is 3. The second kappa shape index (κ2) is 5.56. The Balaban J connectivity index is 2.47. The van der Waals surface area contributed by atoms with Crippen LogP contribution in [0.2, 0.25) is 0 Å². The SMILES string of the molecule is Cc1cc(C(=O)CCl)c(C)n1C1=CC=C(Cl)C(C)C1. The molecule has 0 aliphatic heterocycles. The maximum atomic E-state index is 11.8. The smallest absolute Gasteiger partial charge is 0.179 e. The van der Waals surface area contributed by atoms with Crippen molar-refractivity contribution < 1.29 is 4.79 Å². The van der Waals surface area contributed by atoms with Crippen LogP contribution >= 0.6 is 23.2 Å². The molecule has 4 heteroatoms. The minimum atomic E-state index is -0.0287. The molecule has 0 bridgehead atoms. The maximum Gasteiger partial charge on any atom is 0.179 e. The van der Waals surface area contributed by atoms with Gasteiger partial charge in [-0.15, -0.1) is 11.6 Å². The van der Waals surface area contributed by atoms with Crippen molar-refractivity contribution in [1.29, 1.82) is 0 Å². The molecule has 1 unspecified atom stereocenters. The van der Waals surface area contributed by atoms with Gasteiger partial charge in [0.2, 0.25) is 0 Å². The standard InChI is InChI=1S/C15H17Cl2NO/c1-9-6-12(4-5-14(9)17)18-10(2)7-13(11(18)3)15(19)8-16/h4-5,7,9H,6,8H2,1-3H3. The Morgan fingerprint density at radius 2 is 2.11 bits per heavy atom. The van der Waals surface area contributed by atoms with Crippen LogP contribution in [0.1, 0.15) is 35.1 Å². The van der Waals surface area contributed by atoms with E-state index >= 15 is 0 Å². The van der Waals surface area contributed by atoms with E-state index in [1.165, 1.54) is 5.70 Å². The molecule has 0 aromatic carbocycles. The zero-order valence-corrected chi connectivity index (χ0v) is 12.8. The van der Waals surface area contributed by atoms with E-state index in [0.29, 0.717) is 11.5 Å². The lowest BCUT2D eigenvalue weighted by Gasteiger charge is -2.21. The van der Waals surface area contributed by atoms with Crippen LogP contribution in [0.3, 0.4) is 0 Å². The van der Waals surface area contributed by atoms with Crippen molar-refractivity contribution in [2.45, 2.75) is 27.2 Å². The first-order chi connectivity index (χ1) is 8.95. The zero-order chi connectivity index (χ0) is 14.2. The second-order valence-electron chi connectivity index (χ2n) is 4.99. The first-order valence-electron chi connectivity index (χ1n) is 6.30. The molecule has 0 fully saturated rings. The van der Waals surface area contributed by atoms with E-state index in [2.05, 4.69) is 11.5 Å². The molecule has 102 valence electrons. The number of allylic oxidation sites excluding steroid dienone is 4. The predicted molar refractivity (Wildman–Crippen MR) is 80.9 cm³/mol. The van der Waals surface area contributed by atoms with Gasteiger partial charge >= 0.3 is 0 Å². The van der Waals surface area contributed by atoms with Gasteiger partial charge in [0.15, 0.2) is 5.78 Å². The number of halogens is 2. The van der Waals surface area contributed by atoms with Gasteiger partial charge in [0, 0.05) is 27.7 Å². The molecule has 0 saturated heterocycles.